The summed E-state index contributed by atoms with van der Waals surface area (Å²) < 4.78 is 0. The second-order valence-electron chi connectivity index (χ2n) is 1.20. The summed E-state index contributed by atoms with van der Waals surface area (Å²) >= 11 is 0. The molecule has 0 radical (unpaired) electrons. The van der Waals surface area contributed by atoms with Gasteiger partial charge in [-0.25, -0.2) is 5.26 Å². The molecular weight excluding hydrogens is 94.0 g/mol. The fourth-order valence-electron chi connectivity index (χ4n) is 0.339. The van der Waals surface area contributed by atoms with Gasteiger partial charge in [0.2, 0.25) is 0 Å². The molecule has 3 heteroatoms. The summed E-state index contributed by atoms with van der Waals surface area (Å²) in [6.45, 7) is 5.24. The van der Waals surface area contributed by atoms with Crippen LogP contribution in [0.4, 0.5) is 0 Å². The smallest absolute Gasteiger partial charge is 0.0242 e. The number of nitrogens with zero attached hydrogens (tertiary/aromatic N) is 1. The Hall–Kier alpha value is -0.120. The predicted molar refractivity (Wildman–Crippen MR) is 26.6 cm³/mol. The first kappa shape index (κ1) is 6.88. The topological polar surface area (TPSA) is 32.7 Å². The number of hydrogen-bond acceptors (Lipinski definition) is 3. The quantitative estimate of drug-likeness (QED) is 0.424. The van der Waals surface area contributed by atoms with E-state index in [1.54, 1.807) is 0 Å². The molecule has 0 aliphatic carbocycles. The molecule has 0 aromatic carbocycles. The van der Waals surface area contributed by atoms with Gasteiger partial charge in [0.15, 0.2) is 0 Å². The van der Waals surface area contributed by atoms with Crippen molar-refractivity contribution < 1.29 is 10.2 Å². The molecule has 44 valence electrons. The van der Waals surface area contributed by atoms with Gasteiger partial charge in [-0.1, -0.05) is 0 Å². The average molecular weight is 105 g/mol. The van der Waals surface area contributed by atoms with E-state index in [2.05, 4.69) is 4.99 Å². The molecule has 0 saturated carbocycles. The van der Waals surface area contributed by atoms with E-state index < -0.39 is 0 Å². The molecule has 0 bridgehead atoms. The lowest BCUT2D eigenvalue weighted by molar-refractivity contribution is -0.394. The van der Waals surface area contributed by atoms with E-state index in [9.17, 15) is 0 Å². The van der Waals surface area contributed by atoms with Crippen LogP contribution in [0.5, 0.6) is 0 Å². The predicted octanol–water partition coefficient (Wildman–Crippen LogP) is 0.733. The second kappa shape index (κ2) is 4.05. The molecule has 0 spiro atoms. The third kappa shape index (κ3) is 2.56. The van der Waals surface area contributed by atoms with Crippen LogP contribution in [0.15, 0.2) is 0 Å². The Balaban J connectivity index is 2.99. The van der Waals surface area contributed by atoms with E-state index in [-0.39, 0.29) is 0 Å². The minimum absolute atomic E-state index is 0.715. The highest BCUT2D eigenvalue weighted by Gasteiger charge is 1.92. The van der Waals surface area contributed by atoms with Gasteiger partial charge < -0.3 is 0 Å². The summed E-state index contributed by atoms with van der Waals surface area (Å²) in [6.07, 6.45) is 0. The van der Waals surface area contributed by atoms with Gasteiger partial charge in [0.05, 0.1) is 0 Å². The zero-order chi connectivity index (χ0) is 5.70. The lowest BCUT2D eigenvalue weighted by Crippen LogP contribution is -2.20. The molecule has 0 amide bonds. The first-order valence-corrected chi connectivity index (χ1v) is 2.41. The maximum atomic E-state index is 7.95. The fraction of sp³-hybridized carbons (Fsp3) is 1.00. The van der Waals surface area contributed by atoms with Crippen LogP contribution in [0.3, 0.4) is 0 Å². The minimum Gasteiger partial charge on any atom is -0.233 e. The van der Waals surface area contributed by atoms with E-state index >= 15 is 0 Å². The van der Waals surface area contributed by atoms with Gasteiger partial charge in [-0.15, -0.1) is 4.99 Å². The molecule has 1 N–H and O–H groups in total. The molecule has 0 atom stereocenters. The van der Waals surface area contributed by atoms with E-state index in [1.807, 2.05) is 13.8 Å². The molecule has 0 aliphatic heterocycles. The van der Waals surface area contributed by atoms with Crippen LogP contribution in [-0.4, -0.2) is 23.4 Å². The first-order valence-electron chi connectivity index (χ1n) is 2.41. The van der Waals surface area contributed by atoms with Crippen LogP contribution < -0.4 is 0 Å². The minimum atomic E-state index is 0.715. The monoisotopic (exact) mass is 105 g/mol. The molecular formula is C4H11NO2. The molecule has 0 rings (SSSR count). The molecule has 3 nitrogen and oxygen atoms in total. The Morgan fingerprint density at radius 3 is 1.86 bits per heavy atom. The Morgan fingerprint density at radius 2 is 1.86 bits per heavy atom. The summed E-state index contributed by atoms with van der Waals surface area (Å²) in [5.41, 5.74) is 0. The fourth-order valence-corrected chi connectivity index (χ4v) is 0.339. The average Bonchev–Trinajstić information content (AvgIpc) is 1.72. The summed E-state index contributed by atoms with van der Waals surface area (Å²) in [5, 5.41) is 9.38. The van der Waals surface area contributed by atoms with Gasteiger partial charge in [-0.3, -0.25) is 0 Å². The SMILES string of the molecule is CCN(CC)OO. The van der Waals surface area contributed by atoms with Crippen molar-refractivity contribution in [3.63, 3.8) is 0 Å². The van der Waals surface area contributed by atoms with Crippen molar-refractivity contribution in [1.29, 1.82) is 0 Å². The van der Waals surface area contributed by atoms with Crippen LogP contribution in [0, 0.1) is 0 Å². The van der Waals surface area contributed by atoms with Crippen LogP contribution in [-0.2, 0) is 4.99 Å². The van der Waals surface area contributed by atoms with E-state index in [0.29, 0.717) is 13.1 Å². The van der Waals surface area contributed by atoms with Gasteiger partial charge in [-0.2, -0.15) is 5.06 Å². The molecule has 0 fully saturated rings. The summed E-state index contributed by atoms with van der Waals surface area (Å²) in [7, 11) is 0. The summed E-state index contributed by atoms with van der Waals surface area (Å²) in [5.74, 6) is 0. The molecule has 7 heavy (non-hydrogen) atoms. The first-order chi connectivity index (χ1) is 3.35. The highest BCUT2D eigenvalue weighted by molar-refractivity contribution is 4.28. The molecule has 0 saturated heterocycles. The van der Waals surface area contributed by atoms with Gasteiger partial charge >= 0.3 is 0 Å². The summed E-state index contributed by atoms with van der Waals surface area (Å²) in [4.78, 5) is 3.88. The summed E-state index contributed by atoms with van der Waals surface area (Å²) in [6, 6.07) is 0. The van der Waals surface area contributed by atoms with Crippen molar-refractivity contribution >= 4 is 0 Å². The van der Waals surface area contributed by atoms with Crippen molar-refractivity contribution in [2.45, 2.75) is 13.8 Å². The maximum Gasteiger partial charge on any atom is 0.0242 e. The molecule has 0 aromatic heterocycles. The molecule has 0 aromatic rings. The van der Waals surface area contributed by atoms with Crippen LogP contribution in [0.25, 0.3) is 0 Å². The third-order valence-electron chi connectivity index (χ3n) is 0.821. The van der Waals surface area contributed by atoms with E-state index in [1.165, 1.54) is 5.06 Å². The third-order valence-corrected chi connectivity index (χ3v) is 0.821. The number of hydroxylamine groups is 2. The van der Waals surface area contributed by atoms with Crippen LogP contribution in [0.1, 0.15) is 13.8 Å². The van der Waals surface area contributed by atoms with E-state index in [4.69, 9.17) is 5.26 Å². The molecule has 0 unspecified atom stereocenters. The zero-order valence-electron chi connectivity index (χ0n) is 4.72. The van der Waals surface area contributed by atoms with Crippen LogP contribution in [0.2, 0.25) is 0 Å². The highest BCUT2D eigenvalue weighted by atomic mass is 17.2. The van der Waals surface area contributed by atoms with E-state index in [0.717, 1.165) is 0 Å². The Kier molecular flexibility index (Phi) is 3.98. The lowest BCUT2D eigenvalue weighted by atomic mass is 10.6. The van der Waals surface area contributed by atoms with Crippen molar-refractivity contribution in [3.8, 4) is 0 Å². The Morgan fingerprint density at radius 1 is 1.43 bits per heavy atom. The maximum absolute atomic E-state index is 7.95. The van der Waals surface area contributed by atoms with Gasteiger partial charge in [0.25, 0.3) is 0 Å². The van der Waals surface area contributed by atoms with Gasteiger partial charge in [-0.05, 0) is 13.8 Å². The molecule has 0 heterocycles. The standard InChI is InChI=1S/C4H11NO2/c1-3-5(4-2)7-6/h6H,3-4H2,1-2H3. The number of rotatable bonds is 3. The van der Waals surface area contributed by atoms with Gasteiger partial charge in [0.1, 0.15) is 0 Å². The second-order valence-corrected chi connectivity index (χ2v) is 1.20. The van der Waals surface area contributed by atoms with Crippen molar-refractivity contribution in [2.75, 3.05) is 13.1 Å². The zero-order valence-corrected chi connectivity index (χ0v) is 4.72. The lowest BCUT2D eigenvalue weighted by Gasteiger charge is -2.09. The normalized spacial score (nSPS) is 10.3. The molecule has 0 aliphatic rings. The van der Waals surface area contributed by atoms with Crippen molar-refractivity contribution in [2.24, 2.45) is 0 Å². The largest absolute Gasteiger partial charge is 0.233 e. The number of hydrogen-bond donors (Lipinski definition) is 1. The van der Waals surface area contributed by atoms with Crippen molar-refractivity contribution in [3.05, 3.63) is 0 Å². The highest BCUT2D eigenvalue weighted by Crippen LogP contribution is 1.81. The van der Waals surface area contributed by atoms with Crippen LogP contribution >= 0.6 is 0 Å². The van der Waals surface area contributed by atoms with Gasteiger partial charge in [0, 0.05) is 13.1 Å². The Bertz CT molecular complexity index is 31.2. The van der Waals surface area contributed by atoms with Crippen molar-refractivity contribution in [1.82, 2.24) is 5.06 Å². The Labute approximate surface area is 43.4 Å².